The zero-order valence-corrected chi connectivity index (χ0v) is 24.4. The number of halogens is 2. The molecule has 0 aromatic heterocycles. The molecule has 0 atom stereocenters. The van der Waals surface area contributed by atoms with Crippen molar-refractivity contribution in [2.45, 2.75) is 39.0 Å². The average molecular weight is 578 g/mol. The van der Waals surface area contributed by atoms with E-state index in [-0.39, 0.29) is 33.7 Å². The Bertz CT molecular complexity index is 1430. The number of hydrogen-bond donors (Lipinski definition) is 3. The second kappa shape index (κ2) is 12.5. The molecule has 4 N–H and O–H groups in total. The van der Waals surface area contributed by atoms with E-state index in [1.54, 1.807) is 0 Å². The fourth-order valence-corrected chi connectivity index (χ4v) is 5.87. The summed E-state index contributed by atoms with van der Waals surface area (Å²) in [6.07, 6.45) is 5.33. The van der Waals surface area contributed by atoms with Crippen molar-refractivity contribution >= 4 is 46.2 Å². The predicted molar refractivity (Wildman–Crippen MR) is 165 cm³/mol. The third-order valence-corrected chi connectivity index (χ3v) is 8.73. The van der Waals surface area contributed by atoms with Gasteiger partial charge in [0.05, 0.1) is 27.6 Å². The van der Waals surface area contributed by atoms with Gasteiger partial charge in [0.2, 0.25) is 5.91 Å². The molecule has 7 nitrogen and oxygen atoms in total. The van der Waals surface area contributed by atoms with Crippen molar-refractivity contribution in [1.82, 2.24) is 4.90 Å². The van der Waals surface area contributed by atoms with Gasteiger partial charge in [-0.15, -0.1) is 0 Å². The normalized spacial score (nSPS) is 16.4. The largest absolute Gasteiger partial charge is 0.396 e. The Hall–Kier alpha value is -3.62. The molecule has 0 spiro atoms. The van der Waals surface area contributed by atoms with Crippen LogP contribution in [0.25, 0.3) is 11.1 Å². The maximum atomic E-state index is 14.3. The van der Waals surface area contributed by atoms with E-state index in [0.717, 1.165) is 74.4 Å². The maximum Gasteiger partial charge on any atom is 0.257 e. The van der Waals surface area contributed by atoms with Crippen molar-refractivity contribution < 1.29 is 14.0 Å². The smallest absolute Gasteiger partial charge is 0.257 e. The fourth-order valence-electron chi connectivity index (χ4n) is 5.65. The summed E-state index contributed by atoms with van der Waals surface area (Å²) >= 11 is 6.36. The van der Waals surface area contributed by atoms with Gasteiger partial charge in [-0.3, -0.25) is 9.59 Å². The fraction of sp³-hybridized carbons (Fsp3) is 0.375. The summed E-state index contributed by atoms with van der Waals surface area (Å²) in [5, 5.41) is 6.12. The molecule has 1 saturated carbocycles. The molecule has 3 aromatic carbocycles. The van der Waals surface area contributed by atoms with Crippen LogP contribution < -0.4 is 21.3 Å². The molecule has 0 radical (unpaired) electrons. The molecule has 1 heterocycles. The number of carbonyl (C=O) groups excluding carboxylic acids is 2. The highest BCUT2D eigenvalue weighted by atomic mass is 35.5. The topological polar surface area (TPSA) is 90.7 Å². The molecule has 2 aliphatic rings. The Morgan fingerprint density at radius 3 is 2.27 bits per heavy atom. The van der Waals surface area contributed by atoms with E-state index in [1.807, 2.05) is 42.5 Å². The first kappa shape index (κ1) is 28.9. The second-order valence-corrected chi connectivity index (χ2v) is 11.5. The number of carbonyl (C=O) groups is 2. The summed E-state index contributed by atoms with van der Waals surface area (Å²) in [5.41, 5.74) is 10.1. The van der Waals surface area contributed by atoms with Crippen LogP contribution in [0.15, 0.2) is 48.5 Å². The number of nitrogens with one attached hydrogen (secondary N) is 2. The lowest BCUT2D eigenvalue weighted by Gasteiger charge is -2.35. The van der Waals surface area contributed by atoms with Gasteiger partial charge in [0, 0.05) is 43.3 Å². The number of nitrogens with zero attached hydrogens (tertiary/aromatic N) is 2. The SMILES string of the molecule is Cc1c(F)c(N)cc(C(=O)Nc2cc(-c3ccc(NC(=O)C4CCCCC4)cc3)ccc2N2CCN(C)CC2)c1Cl. The lowest BCUT2D eigenvalue weighted by Crippen LogP contribution is -2.44. The van der Waals surface area contributed by atoms with Crippen LogP contribution in [0.3, 0.4) is 0 Å². The van der Waals surface area contributed by atoms with Gasteiger partial charge in [-0.1, -0.05) is 49.1 Å². The minimum absolute atomic E-state index is 0.0392. The summed E-state index contributed by atoms with van der Waals surface area (Å²) in [6, 6.07) is 15.0. The number of rotatable bonds is 6. The summed E-state index contributed by atoms with van der Waals surface area (Å²) in [6.45, 7) is 4.95. The Balaban J connectivity index is 1.41. The van der Waals surface area contributed by atoms with E-state index in [4.69, 9.17) is 17.3 Å². The molecule has 41 heavy (non-hydrogen) atoms. The van der Waals surface area contributed by atoms with Crippen LogP contribution in [0.1, 0.15) is 48.0 Å². The summed E-state index contributed by atoms with van der Waals surface area (Å²) in [5.74, 6) is -0.900. The van der Waals surface area contributed by atoms with Gasteiger partial charge in [-0.2, -0.15) is 0 Å². The monoisotopic (exact) mass is 577 g/mol. The number of likely N-dealkylation sites (N-methyl/N-ethyl adjacent to an activating group) is 1. The van der Waals surface area contributed by atoms with Crippen molar-refractivity contribution in [1.29, 1.82) is 0 Å². The van der Waals surface area contributed by atoms with Gasteiger partial charge < -0.3 is 26.2 Å². The average Bonchev–Trinajstić information content (AvgIpc) is 2.99. The molecule has 2 amide bonds. The Kier molecular flexibility index (Phi) is 8.80. The zero-order chi connectivity index (χ0) is 29.1. The minimum atomic E-state index is -0.620. The molecule has 1 aliphatic carbocycles. The van der Waals surface area contributed by atoms with Gasteiger partial charge in [0.1, 0.15) is 0 Å². The summed E-state index contributed by atoms with van der Waals surface area (Å²) in [4.78, 5) is 30.6. The molecule has 0 unspecified atom stereocenters. The Morgan fingerprint density at radius 1 is 0.927 bits per heavy atom. The molecule has 1 aliphatic heterocycles. The number of hydrogen-bond acceptors (Lipinski definition) is 5. The highest BCUT2D eigenvalue weighted by molar-refractivity contribution is 6.35. The number of amides is 2. The van der Waals surface area contributed by atoms with Crippen molar-refractivity contribution in [2.24, 2.45) is 5.92 Å². The van der Waals surface area contributed by atoms with Crippen LogP contribution in [-0.2, 0) is 4.79 Å². The zero-order valence-electron chi connectivity index (χ0n) is 23.6. The number of nitrogen functional groups attached to an aromatic ring is 1. The summed E-state index contributed by atoms with van der Waals surface area (Å²) in [7, 11) is 2.09. The first-order chi connectivity index (χ1) is 19.7. The standard InChI is InChI=1S/C32H37ClFN5O2/c1-20-29(33)25(19-26(35)30(20)34)32(41)37-27-18-23(10-13-28(27)39-16-14-38(2)15-17-39)21-8-11-24(12-9-21)36-31(40)22-6-4-3-5-7-22/h8-13,18-19,22H,3-7,14-17,35H2,1-2H3,(H,36,40)(H,37,41). The Morgan fingerprint density at radius 2 is 1.59 bits per heavy atom. The van der Waals surface area contributed by atoms with Crippen LogP contribution in [-0.4, -0.2) is 49.9 Å². The molecular weight excluding hydrogens is 541 g/mol. The third kappa shape index (κ3) is 6.49. The van der Waals surface area contributed by atoms with Crippen LogP contribution in [0.2, 0.25) is 5.02 Å². The molecule has 0 bridgehead atoms. The van der Waals surface area contributed by atoms with Crippen molar-refractivity contribution in [2.75, 3.05) is 54.5 Å². The van der Waals surface area contributed by atoms with Gasteiger partial charge in [0.25, 0.3) is 5.91 Å². The summed E-state index contributed by atoms with van der Waals surface area (Å²) < 4.78 is 14.3. The quantitative estimate of drug-likeness (QED) is 0.289. The molecule has 1 saturated heterocycles. The predicted octanol–water partition coefficient (Wildman–Crippen LogP) is 6.56. The van der Waals surface area contributed by atoms with E-state index < -0.39 is 11.7 Å². The molecule has 5 rings (SSSR count). The first-order valence-electron chi connectivity index (χ1n) is 14.3. The second-order valence-electron chi connectivity index (χ2n) is 11.1. The van der Waals surface area contributed by atoms with Gasteiger partial charge >= 0.3 is 0 Å². The lowest BCUT2D eigenvalue weighted by molar-refractivity contribution is -0.120. The van der Waals surface area contributed by atoms with E-state index >= 15 is 0 Å². The van der Waals surface area contributed by atoms with E-state index in [1.165, 1.54) is 19.4 Å². The highest BCUT2D eigenvalue weighted by Crippen LogP contribution is 2.35. The molecule has 3 aromatic rings. The minimum Gasteiger partial charge on any atom is -0.396 e. The van der Waals surface area contributed by atoms with E-state index in [0.29, 0.717) is 5.69 Å². The first-order valence-corrected chi connectivity index (χ1v) is 14.6. The van der Waals surface area contributed by atoms with Gasteiger partial charge in [-0.25, -0.2) is 4.39 Å². The van der Waals surface area contributed by atoms with Crippen LogP contribution in [0.4, 0.5) is 27.1 Å². The highest BCUT2D eigenvalue weighted by Gasteiger charge is 2.23. The molecule has 9 heteroatoms. The van der Waals surface area contributed by atoms with Crippen LogP contribution in [0, 0.1) is 18.7 Å². The number of piperazine rings is 1. The van der Waals surface area contributed by atoms with Gasteiger partial charge in [0.15, 0.2) is 5.82 Å². The third-order valence-electron chi connectivity index (χ3n) is 8.24. The number of anilines is 4. The maximum absolute atomic E-state index is 14.3. The molecule has 2 fully saturated rings. The molecule has 216 valence electrons. The van der Waals surface area contributed by atoms with E-state index in [2.05, 4.69) is 27.5 Å². The number of nitrogens with two attached hydrogens (primary N) is 1. The van der Waals surface area contributed by atoms with Crippen molar-refractivity contribution in [3.63, 3.8) is 0 Å². The van der Waals surface area contributed by atoms with Crippen LogP contribution >= 0.6 is 11.6 Å². The van der Waals surface area contributed by atoms with Crippen LogP contribution in [0.5, 0.6) is 0 Å². The van der Waals surface area contributed by atoms with Gasteiger partial charge in [-0.05, 0) is 68.3 Å². The van der Waals surface area contributed by atoms with Crippen molar-refractivity contribution in [3.05, 3.63) is 70.5 Å². The van der Waals surface area contributed by atoms with E-state index in [9.17, 15) is 14.0 Å². The number of benzene rings is 3. The lowest BCUT2D eigenvalue weighted by atomic mass is 9.88. The Labute approximate surface area is 245 Å². The molecular formula is C32H37ClFN5O2. The van der Waals surface area contributed by atoms with Crippen molar-refractivity contribution in [3.8, 4) is 11.1 Å².